The predicted molar refractivity (Wildman–Crippen MR) is 88.6 cm³/mol. The third-order valence-corrected chi connectivity index (χ3v) is 4.87. The molecule has 1 aromatic rings. The van der Waals surface area contributed by atoms with Crippen LogP contribution in [0, 0.1) is 30.6 Å². The van der Waals surface area contributed by atoms with E-state index in [0.717, 1.165) is 5.92 Å². The maximum atomic E-state index is 9.95. The molecule has 22 heavy (non-hydrogen) atoms. The van der Waals surface area contributed by atoms with Gasteiger partial charge in [-0.15, -0.1) is 0 Å². The molecule has 1 aliphatic carbocycles. The van der Waals surface area contributed by atoms with Gasteiger partial charge in [0.05, 0.1) is 6.61 Å². The van der Waals surface area contributed by atoms with Crippen LogP contribution in [0.25, 0.3) is 0 Å². The van der Waals surface area contributed by atoms with Crippen LogP contribution in [0.3, 0.4) is 0 Å². The van der Waals surface area contributed by atoms with E-state index < -0.39 is 6.48 Å². The van der Waals surface area contributed by atoms with Crippen molar-refractivity contribution in [3.05, 3.63) is 29.8 Å². The number of ether oxygens (including phenoxy) is 2. The molecule has 0 spiro atoms. The van der Waals surface area contributed by atoms with Gasteiger partial charge < -0.3 is 14.6 Å². The maximum Gasteiger partial charge on any atom is 0.313 e. The summed E-state index contributed by atoms with van der Waals surface area (Å²) in [7, 11) is 0. The van der Waals surface area contributed by atoms with E-state index in [4.69, 9.17) is 9.47 Å². The minimum atomic E-state index is -1.19. The topological polar surface area (TPSA) is 38.7 Å². The molecule has 1 N–H and O–H groups in total. The molecule has 0 aromatic heterocycles. The van der Waals surface area contributed by atoms with E-state index in [-0.39, 0.29) is 0 Å². The largest absolute Gasteiger partial charge is 0.441 e. The van der Waals surface area contributed by atoms with Gasteiger partial charge in [0.25, 0.3) is 0 Å². The number of benzene rings is 1. The van der Waals surface area contributed by atoms with Crippen molar-refractivity contribution >= 4 is 0 Å². The van der Waals surface area contributed by atoms with Crippen molar-refractivity contribution in [1.82, 2.24) is 0 Å². The molecule has 3 heteroatoms. The Bertz CT molecular complexity index is 440. The fourth-order valence-electron chi connectivity index (χ4n) is 3.56. The van der Waals surface area contributed by atoms with Crippen LogP contribution < -0.4 is 4.74 Å². The van der Waals surface area contributed by atoms with Crippen LogP contribution in [0.5, 0.6) is 5.75 Å². The van der Waals surface area contributed by atoms with Crippen molar-refractivity contribution in [3.63, 3.8) is 0 Å². The van der Waals surface area contributed by atoms with Crippen molar-refractivity contribution in [3.8, 4) is 5.75 Å². The summed E-state index contributed by atoms with van der Waals surface area (Å²) in [5, 5.41) is 9.95. The highest BCUT2D eigenvalue weighted by Crippen LogP contribution is 2.38. The van der Waals surface area contributed by atoms with Gasteiger partial charge in [0.15, 0.2) is 0 Å². The van der Waals surface area contributed by atoms with Crippen molar-refractivity contribution in [1.29, 1.82) is 0 Å². The standard InChI is InChI=1S/C19H30O3/c1-13(2)18-10-7-15(4)11-16(18)12-21-19(20)22-17-8-5-14(3)6-9-17/h5-6,8-9,13,15-16,18-20H,7,10-12H2,1-4H3. The molecule has 0 amide bonds. The quantitative estimate of drug-likeness (QED) is 0.793. The molecule has 0 radical (unpaired) electrons. The number of aliphatic hydroxyl groups excluding tert-OH is 1. The van der Waals surface area contributed by atoms with Crippen molar-refractivity contribution in [2.75, 3.05) is 6.61 Å². The number of aliphatic hydroxyl groups is 1. The summed E-state index contributed by atoms with van der Waals surface area (Å²) < 4.78 is 11.0. The first-order chi connectivity index (χ1) is 10.5. The average molecular weight is 306 g/mol. The lowest BCUT2D eigenvalue weighted by molar-refractivity contribution is -0.226. The van der Waals surface area contributed by atoms with Crippen LogP contribution in [0.2, 0.25) is 0 Å². The molecule has 2 rings (SSSR count). The zero-order valence-electron chi connectivity index (χ0n) is 14.3. The third-order valence-electron chi connectivity index (χ3n) is 4.87. The summed E-state index contributed by atoms with van der Waals surface area (Å²) in [6.07, 6.45) is 3.75. The Morgan fingerprint density at radius 3 is 2.50 bits per heavy atom. The highest BCUT2D eigenvalue weighted by molar-refractivity contribution is 5.26. The highest BCUT2D eigenvalue weighted by Gasteiger charge is 2.31. The van der Waals surface area contributed by atoms with Crippen molar-refractivity contribution in [2.45, 2.75) is 53.4 Å². The molecule has 0 heterocycles. The Hall–Kier alpha value is -1.06. The molecule has 0 saturated heterocycles. The second kappa shape index (κ2) is 7.98. The van der Waals surface area contributed by atoms with Gasteiger partial charge >= 0.3 is 6.48 Å². The first-order valence-corrected chi connectivity index (χ1v) is 8.48. The summed E-state index contributed by atoms with van der Waals surface area (Å²) in [6.45, 7) is 8.28. The van der Waals surface area contributed by atoms with E-state index in [0.29, 0.717) is 30.1 Å². The SMILES string of the molecule is Cc1ccc(OC(O)OCC2CC(C)CCC2C(C)C)cc1. The zero-order valence-corrected chi connectivity index (χ0v) is 14.3. The van der Waals surface area contributed by atoms with Crippen molar-refractivity contribution in [2.24, 2.45) is 23.7 Å². The fraction of sp³-hybridized carbons (Fsp3) is 0.684. The monoisotopic (exact) mass is 306 g/mol. The van der Waals surface area contributed by atoms with Crippen molar-refractivity contribution < 1.29 is 14.6 Å². The summed E-state index contributed by atoms with van der Waals surface area (Å²) in [5.74, 6) is 3.24. The second-order valence-electron chi connectivity index (χ2n) is 7.16. The van der Waals surface area contributed by atoms with E-state index in [1.165, 1.54) is 24.8 Å². The first kappa shape index (κ1) is 17.3. The number of hydrogen-bond donors (Lipinski definition) is 1. The Morgan fingerprint density at radius 2 is 1.86 bits per heavy atom. The molecule has 0 aliphatic heterocycles. The number of aryl methyl sites for hydroxylation is 1. The van der Waals surface area contributed by atoms with Gasteiger partial charge in [-0.25, -0.2) is 0 Å². The highest BCUT2D eigenvalue weighted by atomic mass is 16.8. The Morgan fingerprint density at radius 1 is 1.18 bits per heavy atom. The van der Waals surface area contributed by atoms with Gasteiger partial charge in [0.2, 0.25) is 0 Å². The lowest BCUT2D eigenvalue weighted by atomic mass is 9.70. The molecule has 1 aliphatic rings. The first-order valence-electron chi connectivity index (χ1n) is 8.48. The average Bonchev–Trinajstić information content (AvgIpc) is 2.47. The fourth-order valence-corrected chi connectivity index (χ4v) is 3.56. The van der Waals surface area contributed by atoms with E-state index in [2.05, 4.69) is 20.8 Å². The Balaban J connectivity index is 1.83. The molecule has 1 fully saturated rings. The van der Waals surface area contributed by atoms with Gasteiger partial charge in [0, 0.05) is 0 Å². The molecule has 1 saturated carbocycles. The van der Waals surface area contributed by atoms with Gasteiger partial charge in [0.1, 0.15) is 5.75 Å². The number of rotatable bonds is 6. The van der Waals surface area contributed by atoms with E-state index in [1.807, 2.05) is 31.2 Å². The van der Waals surface area contributed by atoms with Gasteiger partial charge in [-0.05, 0) is 55.6 Å². The Labute approximate surface area is 134 Å². The molecule has 124 valence electrons. The predicted octanol–water partition coefficient (Wildman–Crippen LogP) is 4.37. The lowest BCUT2D eigenvalue weighted by Gasteiger charge is -2.37. The zero-order chi connectivity index (χ0) is 16.1. The maximum absolute atomic E-state index is 9.95. The van der Waals surface area contributed by atoms with Crippen LogP contribution in [-0.4, -0.2) is 18.2 Å². The van der Waals surface area contributed by atoms with Crippen LogP contribution in [0.15, 0.2) is 24.3 Å². The van der Waals surface area contributed by atoms with Crippen LogP contribution in [0.4, 0.5) is 0 Å². The molecule has 1 aromatic carbocycles. The lowest BCUT2D eigenvalue weighted by Crippen LogP contribution is -2.33. The molecular formula is C19H30O3. The van der Waals surface area contributed by atoms with E-state index in [1.54, 1.807) is 0 Å². The summed E-state index contributed by atoms with van der Waals surface area (Å²) in [5.41, 5.74) is 1.17. The van der Waals surface area contributed by atoms with Crippen LogP contribution in [0.1, 0.15) is 45.6 Å². The molecule has 0 bridgehead atoms. The van der Waals surface area contributed by atoms with E-state index in [9.17, 15) is 5.11 Å². The second-order valence-corrected chi connectivity index (χ2v) is 7.16. The summed E-state index contributed by atoms with van der Waals surface area (Å²) >= 11 is 0. The third kappa shape index (κ3) is 4.99. The molecule has 4 unspecified atom stereocenters. The number of hydrogen-bond acceptors (Lipinski definition) is 3. The molecular weight excluding hydrogens is 276 g/mol. The summed E-state index contributed by atoms with van der Waals surface area (Å²) in [4.78, 5) is 0. The van der Waals surface area contributed by atoms with Crippen LogP contribution in [-0.2, 0) is 4.74 Å². The molecule has 3 nitrogen and oxygen atoms in total. The molecule has 4 atom stereocenters. The van der Waals surface area contributed by atoms with Gasteiger partial charge in [-0.2, -0.15) is 0 Å². The minimum absolute atomic E-state index is 0.514. The normalized spacial score (nSPS) is 26.9. The minimum Gasteiger partial charge on any atom is -0.441 e. The van der Waals surface area contributed by atoms with Crippen LogP contribution >= 0.6 is 0 Å². The summed E-state index contributed by atoms with van der Waals surface area (Å²) in [6, 6.07) is 7.61. The van der Waals surface area contributed by atoms with Gasteiger partial charge in [-0.1, -0.05) is 44.9 Å². The smallest absolute Gasteiger partial charge is 0.313 e. The van der Waals surface area contributed by atoms with Gasteiger partial charge in [-0.3, -0.25) is 0 Å². The Kier molecular flexibility index (Phi) is 6.27. The van der Waals surface area contributed by atoms with E-state index >= 15 is 0 Å².